The molecule has 8 heteroatoms. The number of fused-ring (bicyclic) bond motifs is 2. The predicted molar refractivity (Wildman–Crippen MR) is 107 cm³/mol. The minimum atomic E-state index is -1.21. The van der Waals surface area contributed by atoms with E-state index in [-0.39, 0.29) is 26.2 Å². The zero-order chi connectivity index (χ0) is 21.4. The number of ether oxygens (including phenoxy) is 3. The van der Waals surface area contributed by atoms with E-state index in [2.05, 4.69) is 0 Å². The fourth-order valence-corrected chi connectivity index (χ4v) is 3.68. The molecule has 7 nitrogen and oxygen atoms in total. The first-order valence-electron chi connectivity index (χ1n) is 9.31. The lowest BCUT2D eigenvalue weighted by Gasteiger charge is -2.14. The fourth-order valence-electron chi connectivity index (χ4n) is 3.47. The van der Waals surface area contributed by atoms with Gasteiger partial charge in [0, 0.05) is 34.1 Å². The molecule has 3 aromatic rings. The van der Waals surface area contributed by atoms with Crippen LogP contribution in [0.15, 0.2) is 33.5 Å². The van der Waals surface area contributed by atoms with E-state index in [0.29, 0.717) is 44.5 Å². The van der Waals surface area contributed by atoms with Crippen molar-refractivity contribution in [3.63, 3.8) is 0 Å². The largest absolute Gasteiger partial charge is 0.550 e. The highest BCUT2D eigenvalue weighted by Crippen LogP contribution is 2.37. The number of benzene rings is 2. The molecule has 0 atom stereocenters. The van der Waals surface area contributed by atoms with Crippen LogP contribution in [0.3, 0.4) is 0 Å². The third-order valence-corrected chi connectivity index (χ3v) is 5.51. The van der Waals surface area contributed by atoms with Gasteiger partial charge >= 0.3 is 5.63 Å². The first-order chi connectivity index (χ1) is 14.3. The van der Waals surface area contributed by atoms with E-state index in [1.54, 1.807) is 38.1 Å². The summed E-state index contributed by atoms with van der Waals surface area (Å²) in [5.41, 5.74) is 2.28. The second-order valence-electron chi connectivity index (χ2n) is 7.02. The van der Waals surface area contributed by atoms with E-state index >= 15 is 0 Å². The number of carbonyl (C=O) groups excluding carboxylic acids is 1. The summed E-state index contributed by atoms with van der Waals surface area (Å²) in [6.07, 6.45) is -0.181. The van der Waals surface area contributed by atoms with Crippen molar-refractivity contribution in [1.82, 2.24) is 0 Å². The number of hydrogen-bond acceptors (Lipinski definition) is 7. The highest BCUT2D eigenvalue weighted by atomic mass is 35.5. The van der Waals surface area contributed by atoms with Gasteiger partial charge in [0.15, 0.2) is 11.5 Å². The molecule has 1 aliphatic heterocycles. The molecule has 156 valence electrons. The maximum absolute atomic E-state index is 12.4. The third kappa shape index (κ3) is 3.68. The molecule has 0 saturated carbocycles. The Morgan fingerprint density at radius 3 is 2.63 bits per heavy atom. The van der Waals surface area contributed by atoms with Crippen LogP contribution in [0.2, 0.25) is 5.02 Å². The van der Waals surface area contributed by atoms with Crippen LogP contribution >= 0.6 is 11.6 Å². The monoisotopic (exact) mass is 429 g/mol. The van der Waals surface area contributed by atoms with Crippen molar-refractivity contribution in [1.29, 1.82) is 0 Å². The summed E-state index contributed by atoms with van der Waals surface area (Å²) in [4.78, 5) is 23.1. The van der Waals surface area contributed by atoms with Crippen molar-refractivity contribution in [3.05, 3.63) is 62.0 Å². The van der Waals surface area contributed by atoms with Gasteiger partial charge < -0.3 is 28.5 Å². The van der Waals surface area contributed by atoms with E-state index in [4.69, 9.17) is 30.2 Å². The van der Waals surface area contributed by atoms with Gasteiger partial charge in [0.25, 0.3) is 0 Å². The SMILES string of the molecule is Cc1c(CCC(=O)[O-])c(=O)oc2c(C)c(OCc3cc4c(cc3Cl)OCO4)ccc12. The summed E-state index contributed by atoms with van der Waals surface area (Å²) in [5.74, 6) is 0.536. The van der Waals surface area contributed by atoms with Gasteiger partial charge in [-0.3, -0.25) is 0 Å². The van der Waals surface area contributed by atoms with Crippen LogP contribution < -0.4 is 24.9 Å². The van der Waals surface area contributed by atoms with Crippen LogP contribution in [0.25, 0.3) is 11.0 Å². The maximum Gasteiger partial charge on any atom is 0.339 e. The Morgan fingerprint density at radius 2 is 1.90 bits per heavy atom. The Bertz CT molecular complexity index is 1210. The molecule has 2 aromatic carbocycles. The molecule has 1 aromatic heterocycles. The van der Waals surface area contributed by atoms with Crippen molar-refractivity contribution in [3.8, 4) is 17.2 Å². The summed E-state index contributed by atoms with van der Waals surface area (Å²) in [6, 6.07) is 7.04. The van der Waals surface area contributed by atoms with Crippen LogP contribution in [-0.4, -0.2) is 12.8 Å². The molecule has 2 heterocycles. The minimum Gasteiger partial charge on any atom is -0.550 e. The number of aryl methyl sites for hydroxylation is 2. The number of hydrogen-bond donors (Lipinski definition) is 0. The number of rotatable bonds is 6. The summed E-state index contributed by atoms with van der Waals surface area (Å²) in [5, 5.41) is 12.0. The van der Waals surface area contributed by atoms with Crippen LogP contribution in [0.5, 0.6) is 17.2 Å². The van der Waals surface area contributed by atoms with Crippen molar-refractivity contribution in [2.75, 3.05) is 6.79 Å². The van der Waals surface area contributed by atoms with Crippen LogP contribution in [-0.2, 0) is 17.8 Å². The molecule has 0 fully saturated rings. The van der Waals surface area contributed by atoms with Gasteiger partial charge in [-0.2, -0.15) is 0 Å². The molecule has 4 rings (SSSR count). The predicted octanol–water partition coefficient (Wildman–Crippen LogP) is 3.05. The van der Waals surface area contributed by atoms with Gasteiger partial charge in [0.05, 0.1) is 5.02 Å². The molecule has 0 bridgehead atoms. The summed E-state index contributed by atoms with van der Waals surface area (Å²) in [6.45, 7) is 3.91. The van der Waals surface area contributed by atoms with E-state index in [1.165, 1.54) is 0 Å². The zero-order valence-electron chi connectivity index (χ0n) is 16.4. The zero-order valence-corrected chi connectivity index (χ0v) is 17.1. The number of carboxylic acid groups (broad SMARTS) is 1. The van der Waals surface area contributed by atoms with Gasteiger partial charge in [-0.05, 0) is 50.5 Å². The first-order valence-corrected chi connectivity index (χ1v) is 9.69. The lowest BCUT2D eigenvalue weighted by Crippen LogP contribution is -2.24. The normalized spacial score (nSPS) is 12.4. The highest BCUT2D eigenvalue weighted by Gasteiger charge is 2.18. The van der Waals surface area contributed by atoms with Crippen LogP contribution in [0.1, 0.15) is 28.7 Å². The van der Waals surface area contributed by atoms with E-state index in [0.717, 1.165) is 10.9 Å². The van der Waals surface area contributed by atoms with Gasteiger partial charge in [0.2, 0.25) is 6.79 Å². The summed E-state index contributed by atoms with van der Waals surface area (Å²) in [7, 11) is 0. The second kappa shape index (κ2) is 7.91. The molecule has 0 radical (unpaired) electrons. The topological polar surface area (TPSA) is 98.0 Å². The number of carboxylic acids is 1. The summed E-state index contributed by atoms with van der Waals surface area (Å²) >= 11 is 6.30. The van der Waals surface area contributed by atoms with E-state index in [9.17, 15) is 14.7 Å². The Labute approximate surface area is 176 Å². The molecule has 30 heavy (non-hydrogen) atoms. The van der Waals surface area contributed by atoms with Crippen LogP contribution in [0.4, 0.5) is 0 Å². The van der Waals surface area contributed by atoms with Gasteiger partial charge in [-0.25, -0.2) is 4.79 Å². The highest BCUT2D eigenvalue weighted by molar-refractivity contribution is 6.31. The second-order valence-corrected chi connectivity index (χ2v) is 7.42. The average molecular weight is 430 g/mol. The number of aliphatic carboxylic acids is 1. The number of carbonyl (C=O) groups is 1. The lowest BCUT2D eigenvalue weighted by molar-refractivity contribution is -0.305. The van der Waals surface area contributed by atoms with Crippen molar-refractivity contribution in [2.24, 2.45) is 0 Å². The lowest BCUT2D eigenvalue weighted by atomic mass is 10.0. The van der Waals surface area contributed by atoms with E-state index < -0.39 is 11.6 Å². The Kier molecular flexibility index (Phi) is 5.30. The molecular weight excluding hydrogens is 412 g/mol. The molecule has 0 N–H and O–H groups in total. The number of halogens is 1. The Balaban J connectivity index is 1.63. The molecule has 1 aliphatic rings. The van der Waals surface area contributed by atoms with Crippen molar-refractivity contribution < 1.29 is 28.5 Å². The van der Waals surface area contributed by atoms with Gasteiger partial charge in [-0.15, -0.1) is 0 Å². The maximum atomic E-state index is 12.4. The minimum absolute atomic E-state index is 0.0619. The van der Waals surface area contributed by atoms with E-state index in [1.807, 2.05) is 0 Å². The van der Waals surface area contributed by atoms with Crippen molar-refractivity contribution in [2.45, 2.75) is 33.3 Å². The van der Waals surface area contributed by atoms with Gasteiger partial charge in [-0.1, -0.05) is 11.6 Å². The standard InChI is InChI=1S/C22H19ClO7/c1-11-14-3-5-17(12(2)21(14)30-22(26)15(11)4-6-20(24)25)27-9-13-7-18-19(8-16(13)23)29-10-28-18/h3,5,7-8H,4,6,9-10H2,1-2H3,(H,24,25)/p-1. The molecule has 0 amide bonds. The van der Waals surface area contributed by atoms with Gasteiger partial charge in [0.1, 0.15) is 17.9 Å². The Morgan fingerprint density at radius 1 is 1.17 bits per heavy atom. The Hall–Kier alpha value is -3.19. The van der Waals surface area contributed by atoms with Crippen molar-refractivity contribution >= 4 is 28.5 Å². The summed E-state index contributed by atoms with van der Waals surface area (Å²) < 4.78 is 22.1. The molecular formula is C22H18ClO7-. The fraction of sp³-hybridized carbons (Fsp3) is 0.273. The average Bonchev–Trinajstić information content (AvgIpc) is 3.14. The molecule has 0 unspecified atom stereocenters. The molecule has 0 aliphatic carbocycles. The molecule has 0 saturated heterocycles. The van der Waals surface area contributed by atoms with Crippen LogP contribution in [0, 0.1) is 13.8 Å². The quantitative estimate of drug-likeness (QED) is 0.555. The smallest absolute Gasteiger partial charge is 0.339 e. The molecule has 0 spiro atoms. The first kappa shape index (κ1) is 20.1. The third-order valence-electron chi connectivity index (χ3n) is 5.16.